The van der Waals surface area contributed by atoms with Crippen molar-refractivity contribution in [3.05, 3.63) is 11.1 Å². The molecule has 100 valence electrons. The number of aromatic nitrogens is 1. The Morgan fingerprint density at radius 3 is 2.94 bits per heavy atom. The van der Waals surface area contributed by atoms with Crippen LogP contribution in [0.25, 0.3) is 0 Å². The molecule has 3 rings (SSSR count). The van der Waals surface area contributed by atoms with Crippen LogP contribution in [0, 0.1) is 5.92 Å². The smallest absolute Gasteiger partial charge is 0.230 e. The number of anilines is 1. The van der Waals surface area contributed by atoms with E-state index in [4.69, 9.17) is 0 Å². The predicted octanol–water partition coefficient (Wildman–Crippen LogP) is 2.38. The first-order valence-electron chi connectivity index (χ1n) is 6.30. The number of hydrogen-bond acceptors (Lipinski definition) is 4. The standard InChI is InChI=1S/C12H17N3OS.ClH/c16-11(9-2-1-5-13-6-9)15-12-14-10(7-17-12)8-3-4-8;/h7-9,13H,1-6H2,(H,14,15,16);1H. The second kappa shape index (κ2) is 5.99. The molecule has 0 radical (unpaired) electrons. The Morgan fingerprint density at radius 1 is 1.44 bits per heavy atom. The summed E-state index contributed by atoms with van der Waals surface area (Å²) in [7, 11) is 0. The van der Waals surface area contributed by atoms with Crippen LogP contribution in [0.3, 0.4) is 0 Å². The highest BCUT2D eigenvalue weighted by molar-refractivity contribution is 7.13. The van der Waals surface area contributed by atoms with Crippen molar-refractivity contribution in [1.82, 2.24) is 10.3 Å². The lowest BCUT2D eigenvalue weighted by Crippen LogP contribution is -2.37. The molecule has 0 bridgehead atoms. The number of nitrogens with zero attached hydrogens (tertiary/aromatic N) is 1. The van der Waals surface area contributed by atoms with Crippen LogP contribution in [-0.4, -0.2) is 24.0 Å². The van der Waals surface area contributed by atoms with Gasteiger partial charge in [0.1, 0.15) is 0 Å². The number of amides is 1. The number of halogens is 1. The van der Waals surface area contributed by atoms with Crippen LogP contribution in [0.5, 0.6) is 0 Å². The first kappa shape index (κ1) is 13.8. The van der Waals surface area contributed by atoms with Gasteiger partial charge in [0.15, 0.2) is 5.13 Å². The number of carbonyl (C=O) groups excluding carboxylic acids is 1. The molecule has 1 unspecified atom stereocenters. The lowest BCUT2D eigenvalue weighted by molar-refractivity contribution is -0.120. The van der Waals surface area contributed by atoms with Crippen molar-refractivity contribution in [3.8, 4) is 0 Å². The highest BCUT2D eigenvalue weighted by Gasteiger charge is 2.27. The van der Waals surface area contributed by atoms with Gasteiger partial charge in [0, 0.05) is 17.8 Å². The fourth-order valence-corrected chi connectivity index (χ4v) is 2.99. The van der Waals surface area contributed by atoms with Crippen LogP contribution in [0.2, 0.25) is 0 Å². The maximum absolute atomic E-state index is 12.0. The van der Waals surface area contributed by atoms with Crippen molar-refractivity contribution in [2.24, 2.45) is 5.92 Å². The summed E-state index contributed by atoms with van der Waals surface area (Å²) in [6.45, 7) is 1.83. The molecule has 6 heteroatoms. The van der Waals surface area contributed by atoms with E-state index in [9.17, 15) is 4.79 Å². The number of hydrogen-bond donors (Lipinski definition) is 2. The second-order valence-electron chi connectivity index (χ2n) is 4.88. The van der Waals surface area contributed by atoms with Crippen molar-refractivity contribution in [1.29, 1.82) is 0 Å². The minimum atomic E-state index is 0. The van der Waals surface area contributed by atoms with Gasteiger partial charge in [-0.1, -0.05) is 0 Å². The second-order valence-corrected chi connectivity index (χ2v) is 5.74. The quantitative estimate of drug-likeness (QED) is 0.897. The molecule has 1 aromatic rings. The molecule has 1 amide bonds. The highest BCUT2D eigenvalue weighted by atomic mass is 35.5. The van der Waals surface area contributed by atoms with Crippen LogP contribution < -0.4 is 10.6 Å². The average Bonchev–Trinajstić information content (AvgIpc) is 3.12. The third-order valence-corrected chi connectivity index (χ3v) is 4.19. The maximum atomic E-state index is 12.0. The molecule has 0 spiro atoms. The Balaban J connectivity index is 0.00000120. The third-order valence-electron chi connectivity index (χ3n) is 3.42. The monoisotopic (exact) mass is 287 g/mol. The normalized spacial score (nSPS) is 23.2. The summed E-state index contributed by atoms with van der Waals surface area (Å²) < 4.78 is 0. The fraction of sp³-hybridized carbons (Fsp3) is 0.667. The van der Waals surface area contributed by atoms with Crippen LogP contribution in [-0.2, 0) is 4.79 Å². The van der Waals surface area contributed by atoms with Crippen molar-refractivity contribution in [2.75, 3.05) is 18.4 Å². The van der Waals surface area contributed by atoms with Crippen LogP contribution >= 0.6 is 23.7 Å². The van der Waals surface area contributed by atoms with Crippen LogP contribution in [0.4, 0.5) is 5.13 Å². The topological polar surface area (TPSA) is 54.0 Å². The molecule has 2 fully saturated rings. The molecular weight excluding hydrogens is 270 g/mol. The summed E-state index contributed by atoms with van der Waals surface area (Å²) in [4.78, 5) is 16.5. The Hall–Kier alpha value is -0.650. The summed E-state index contributed by atoms with van der Waals surface area (Å²) >= 11 is 1.55. The van der Waals surface area contributed by atoms with Gasteiger partial charge in [-0.3, -0.25) is 4.79 Å². The summed E-state index contributed by atoms with van der Waals surface area (Å²) in [5.74, 6) is 0.888. The van der Waals surface area contributed by atoms with Gasteiger partial charge in [-0.05, 0) is 32.2 Å². The number of thiazole rings is 1. The van der Waals surface area contributed by atoms with E-state index >= 15 is 0 Å². The molecule has 2 N–H and O–H groups in total. The number of nitrogens with one attached hydrogen (secondary N) is 2. The zero-order valence-corrected chi connectivity index (χ0v) is 11.8. The summed E-state index contributed by atoms with van der Waals surface area (Å²) in [5, 5.41) is 9.04. The minimum absolute atomic E-state index is 0. The zero-order valence-electron chi connectivity index (χ0n) is 10.1. The minimum Gasteiger partial charge on any atom is -0.316 e. The van der Waals surface area contributed by atoms with E-state index in [-0.39, 0.29) is 24.2 Å². The van der Waals surface area contributed by atoms with Crippen molar-refractivity contribution < 1.29 is 4.79 Å². The highest BCUT2D eigenvalue weighted by Crippen LogP contribution is 2.40. The van der Waals surface area contributed by atoms with E-state index in [2.05, 4.69) is 21.0 Å². The molecule has 1 aliphatic carbocycles. The molecule has 1 aromatic heterocycles. The molecule has 0 aromatic carbocycles. The van der Waals surface area contributed by atoms with Gasteiger partial charge in [0.25, 0.3) is 0 Å². The summed E-state index contributed by atoms with van der Waals surface area (Å²) in [5.41, 5.74) is 1.16. The van der Waals surface area contributed by atoms with Gasteiger partial charge in [0.2, 0.25) is 5.91 Å². The van der Waals surface area contributed by atoms with Crippen molar-refractivity contribution >= 4 is 34.8 Å². The zero-order chi connectivity index (χ0) is 11.7. The number of carbonyl (C=O) groups is 1. The van der Waals surface area contributed by atoms with E-state index in [1.54, 1.807) is 11.3 Å². The van der Waals surface area contributed by atoms with Gasteiger partial charge < -0.3 is 10.6 Å². The van der Waals surface area contributed by atoms with E-state index in [1.165, 1.54) is 12.8 Å². The summed E-state index contributed by atoms with van der Waals surface area (Å²) in [6.07, 6.45) is 4.58. The molecule has 1 saturated heterocycles. The lowest BCUT2D eigenvalue weighted by atomic mass is 9.99. The molecule has 2 heterocycles. The first-order valence-corrected chi connectivity index (χ1v) is 7.18. The molecule has 1 aliphatic heterocycles. The molecule has 1 atom stereocenters. The lowest BCUT2D eigenvalue weighted by Gasteiger charge is -2.21. The third kappa shape index (κ3) is 3.22. The Morgan fingerprint density at radius 2 is 2.28 bits per heavy atom. The average molecular weight is 288 g/mol. The van der Waals surface area contributed by atoms with Gasteiger partial charge in [0.05, 0.1) is 11.6 Å². The molecule has 1 saturated carbocycles. The van der Waals surface area contributed by atoms with Gasteiger partial charge in [-0.15, -0.1) is 23.7 Å². The Labute approximate surface area is 117 Å². The first-order chi connectivity index (χ1) is 8.33. The van der Waals surface area contributed by atoms with Crippen molar-refractivity contribution in [2.45, 2.75) is 31.6 Å². The van der Waals surface area contributed by atoms with E-state index in [0.29, 0.717) is 5.92 Å². The molecule has 4 nitrogen and oxygen atoms in total. The Bertz CT molecular complexity index is 413. The molecular formula is C12H18ClN3OS. The largest absolute Gasteiger partial charge is 0.316 e. The van der Waals surface area contributed by atoms with E-state index < -0.39 is 0 Å². The van der Waals surface area contributed by atoms with E-state index in [0.717, 1.165) is 36.8 Å². The Kier molecular flexibility index (Phi) is 4.59. The number of rotatable bonds is 3. The van der Waals surface area contributed by atoms with Crippen LogP contribution in [0.15, 0.2) is 5.38 Å². The SMILES string of the molecule is Cl.O=C(Nc1nc(C2CC2)cs1)C1CCCNC1. The summed E-state index contributed by atoms with van der Waals surface area (Å²) in [6, 6.07) is 0. The van der Waals surface area contributed by atoms with Crippen molar-refractivity contribution in [3.63, 3.8) is 0 Å². The van der Waals surface area contributed by atoms with Gasteiger partial charge in [-0.2, -0.15) is 0 Å². The predicted molar refractivity (Wildman–Crippen MR) is 75.6 cm³/mol. The fourth-order valence-electron chi connectivity index (χ4n) is 2.19. The maximum Gasteiger partial charge on any atom is 0.230 e. The number of piperidine rings is 1. The van der Waals surface area contributed by atoms with Crippen LogP contribution in [0.1, 0.15) is 37.3 Å². The van der Waals surface area contributed by atoms with Gasteiger partial charge in [-0.25, -0.2) is 4.98 Å². The molecule has 18 heavy (non-hydrogen) atoms. The van der Waals surface area contributed by atoms with Gasteiger partial charge >= 0.3 is 0 Å². The molecule has 2 aliphatic rings. The van der Waals surface area contributed by atoms with E-state index in [1.807, 2.05) is 0 Å².